The lowest BCUT2D eigenvalue weighted by atomic mass is 10.0. The van der Waals surface area contributed by atoms with E-state index in [-0.39, 0.29) is 0 Å². The summed E-state index contributed by atoms with van der Waals surface area (Å²) >= 11 is 1.65. The van der Waals surface area contributed by atoms with Gasteiger partial charge in [0.1, 0.15) is 0 Å². The summed E-state index contributed by atoms with van der Waals surface area (Å²) in [6.07, 6.45) is 5.44. The first-order chi connectivity index (χ1) is 19.1. The van der Waals surface area contributed by atoms with Crippen LogP contribution >= 0.6 is 11.8 Å². The van der Waals surface area contributed by atoms with Crippen LogP contribution in [0.4, 0.5) is 0 Å². The Morgan fingerprint density at radius 3 is 1.79 bits per heavy atom. The standard InChI is InChI=1S/C34H24N4S/c1-5-13-27-21(3)22(4)30-28(6-2)39-29-19-18-25(20-26(29)31(30)35-27)34-37-32(23-14-9-7-10-15-23)36-33(38-34)24-16-11-8-12-17-24/h5-20H,1-4H2/b27-13+. The molecule has 0 bridgehead atoms. The van der Waals surface area contributed by atoms with Crippen molar-refractivity contribution in [2.75, 3.05) is 0 Å². The maximum absolute atomic E-state index is 5.00. The van der Waals surface area contributed by atoms with Crippen molar-refractivity contribution in [3.63, 3.8) is 0 Å². The first-order valence-electron chi connectivity index (χ1n) is 12.4. The fourth-order valence-corrected chi connectivity index (χ4v) is 5.64. The maximum Gasteiger partial charge on any atom is 0.164 e. The minimum atomic E-state index is 0.594. The Hall–Kier alpha value is -4.87. The van der Waals surface area contributed by atoms with Gasteiger partial charge in [-0.1, -0.05) is 117 Å². The second kappa shape index (κ2) is 10.1. The van der Waals surface area contributed by atoms with Crippen LogP contribution in [-0.2, 0) is 0 Å². The molecule has 1 aliphatic heterocycles. The zero-order chi connectivity index (χ0) is 26.9. The van der Waals surface area contributed by atoms with Gasteiger partial charge in [-0.3, -0.25) is 0 Å². The second-order valence-corrected chi connectivity index (χ2v) is 10.1. The number of hydrogen-bond donors (Lipinski definition) is 0. The molecule has 0 aliphatic carbocycles. The summed E-state index contributed by atoms with van der Waals surface area (Å²) in [6, 6.07) is 26.2. The Morgan fingerprint density at radius 1 is 0.641 bits per heavy atom. The van der Waals surface area contributed by atoms with Gasteiger partial charge in [-0.25, -0.2) is 19.9 Å². The maximum atomic E-state index is 5.00. The van der Waals surface area contributed by atoms with Gasteiger partial charge in [0.2, 0.25) is 0 Å². The van der Waals surface area contributed by atoms with Crippen molar-refractivity contribution < 1.29 is 0 Å². The lowest BCUT2D eigenvalue weighted by Gasteiger charge is -2.18. The van der Waals surface area contributed by atoms with Crippen LogP contribution in [0.15, 0.2) is 109 Å². The van der Waals surface area contributed by atoms with Crippen LogP contribution in [0.3, 0.4) is 0 Å². The van der Waals surface area contributed by atoms with E-state index in [2.05, 4.69) is 38.4 Å². The minimum Gasteiger partial charge on any atom is -0.247 e. The van der Waals surface area contributed by atoms with E-state index in [1.165, 1.54) is 0 Å². The molecule has 5 aromatic rings. The number of aromatic nitrogens is 4. The van der Waals surface area contributed by atoms with Crippen LogP contribution in [0, 0.1) is 0 Å². The number of nitrogens with zero attached hydrogens (tertiary/aromatic N) is 4. The molecule has 0 unspecified atom stereocenters. The molecular weight excluding hydrogens is 496 g/mol. The highest BCUT2D eigenvalue weighted by Crippen LogP contribution is 2.40. The van der Waals surface area contributed by atoms with Gasteiger partial charge in [0.25, 0.3) is 0 Å². The number of thioether (sulfide) groups is 1. The molecule has 186 valence electrons. The summed E-state index contributed by atoms with van der Waals surface area (Å²) < 4.78 is 0. The highest BCUT2D eigenvalue weighted by atomic mass is 32.2. The number of hydrogen-bond acceptors (Lipinski definition) is 5. The molecule has 0 N–H and O–H groups in total. The number of fused-ring (bicyclic) bond motifs is 3. The van der Waals surface area contributed by atoms with Crippen molar-refractivity contribution in [2.24, 2.45) is 0 Å². The van der Waals surface area contributed by atoms with Crippen LogP contribution < -0.4 is 21.0 Å². The minimum absolute atomic E-state index is 0.594. The Bertz CT molecular complexity index is 1940. The zero-order valence-corrected chi connectivity index (χ0v) is 22.1. The number of allylic oxidation sites excluding steroid dienone is 1. The normalized spacial score (nSPS) is 12.5. The lowest BCUT2D eigenvalue weighted by molar-refractivity contribution is 1.07. The smallest absolute Gasteiger partial charge is 0.164 e. The average molecular weight is 521 g/mol. The van der Waals surface area contributed by atoms with E-state index in [1.54, 1.807) is 17.8 Å². The highest BCUT2D eigenvalue weighted by Gasteiger charge is 2.21. The molecule has 0 saturated carbocycles. The van der Waals surface area contributed by atoms with Crippen LogP contribution in [0.1, 0.15) is 0 Å². The second-order valence-electron chi connectivity index (χ2n) is 9.00. The van der Waals surface area contributed by atoms with Gasteiger partial charge >= 0.3 is 0 Å². The largest absolute Gasteiger partial charge is 0.247 e. The third-order valence-electron chi connectivity index (χ3n) is 6.56. The molecule has 0 fully saturated rings. The van der Waals surface area contributed by atoms with Crippen molar-refractivity contribution in [3.8, 4) is 45.4 Å². The molecule has 2 aromatic heterocycles. The quantitative estimate of drug-likeness (QED) is 0.322. The van der Waals surface area contributed by atoms with Crippen LogP contribution in [-0.4, -0.2) is 19.9 Å². The molecule has 0 radical (unpaired) electrons. The molecule has 0 amide bonds. The molecule has 3 aromatic carbocycles. The molecular formula is C34H24N4S. The van der Waals surface area contributed by atoms with Crippen molar-refractivity contribution in [3.05, 3.63) is 125 Å². The number of pyridine rings is 1. The molecule has 1 aliphatic rings. The molecule has 5 heteroatoms. The van der Waals surface area contributed by atoms with E-state index in [0.29, 0.717) is 17.5 Å². The van der Waals surface area contributed by atoms with E-state index in [0.717, 1.165) is 58.8 Å². The van der Waals surface area contributed by atoms with Crippen molar-refractivity contribution in [1.29, 1.82) is 0 Å². The zero-order valence-electron chi connectivity index (χ0n) is 21.3. The summed E-state index contributed by atoms with van der Waals surface area (Å²) in [5.74, 6) is 1.84. The summed E-state index contributed by atoms with van der Waals surface area (Å²) in [5, 5.41) is 3.32. The van der Waals surface area contributed by atoms with E-state index in [1.807, 2.05) is 78.9 Å². The Morgan fingerprint density at radius 2 is 1.23 bits per heavy atom. The molecule has 6 rings (SSSR count). The van der Waals surface area contributed by atoms with E-state index in [4.69, 9.17) is 19.9 Å². The number of benzene rings is 3. The summed E-state index contributed by atoms with van der Waals surface area (Å²) in [6.45, 7) is 16.5. The SMILES string of the molecule is C=C/C=c1/nc2c(c(=C)c1=C)=C(C=C)Sc1ccc(-c3nc(-c4ccccc4)nc(-c4ccccc4)n3)cc1-2. The van der Waals surface area contributed by atoms with Crippen molar-refractivity contribution in [1.82, 2.24) is 19.9 Å². The Balaban J connectivity index is 1.61. The predicted molar refractivity (Wildman–Crippen MR) is 163 cm³/mol. The molecule has 0 saturated heterocycles. The van der Waals surface area contributed by atoms with Crippen molar-refractivity contribution >= 4 is 35.9 Å². The van der Waals surface area contributed by atoms with Crippen LogP contribution in [0.2, 0.25) is 0 Å². The van der Waals surface area contributed by atoms with Crippen LogP contribution in [0.5, 0.6) is 0 Å². The first-order valence-corrected chi connectivity index (χ1v) is 13.3. The van der Waals surface area contributed by atoms with Gasteiger partial charge < -0.3 is 0 Å². The van der Waals surface area contributed by atoms with Gasteiger partial charge in [0.15, 0.2) is 17.5 Å². The Labute approximate surface area is 230 Å². The topological polar surface area (TPSA) is 51.6 Å². The van der Waals surface area contributed by atoms with Gasteiger partial charge in [-0.15, -0.1) is 0 Å². The predicted octanol–water partition coefficient (Wildman–Crippen LogP) is 5.12. The monoisotopic (exact) mass is 520 g/mol. The summed E-state index contributed by atoms with van der Waals surface area (Å²) in [5.41, 5.74) is 4.56. The van der Waals surface area contributed by atoms with Crippen LogP contribution in [0.25, 0.3) is 69.6 Å². The molecule has 0 spiro atoms. The van der Waals surface area contributed by atoms with E-state index < -0.39 is 0 Å². The van der Waals surface area contributed by atoms with Gasteiger partial charge in [-0.05, 0) is 23.4 Å². The van der Waals surface area contributed by atoms with E-state index in [9.17, 15) is 0 Å². The molecule has 39 heavy (non-hydrogen) atoms. The van der Waals surface area contributed by atoms with Gasteiger partial charge in [0.05, 0.1) is 11.0 Å². The Kier molecular flexibility index (Phi) is 6.35. The van der Waals surface area contributed by atoms with E-state index >= 15 is 0 Å². The highest BCUT2D eigenvalue weighted by molar-refractivity contribution is 8.08. The summed E-state index contributed by atoms with van der Waals surface area (Å²) in [7, 11) is 0. The first kappa shape index (κ1) is 24.5. The molecule has 3 heterocycles. The fraction of sp³-hybridized carbons (Fsp3) is 0. The average Bonchev–Trinajstić information content (AvgIpc) is 2.99. The third kappa shape index (κ3) is 4.43. The van der Waals surface area contributed by atoms with Gasteiger partial charge in [-0.2, -0.15) is 0 Å². The number of rotatable bonds is 5. The van der Waals surface area contributed by atoms with Gasteiger partial charge in [0, 0.05) is 42.5 Å². The van der Waals surface area contributed by atoms with Crippen molar-refractivity contribution in [2.45, 2.75) is 4.90 Å². The third-order valence-corrected chi connectivity index (χ3v) is 7.73. The summed E-state index contributed by atoms with van der Waals surface area (Å²) in [4.78, 5) is 21.7. The molecule has 4 nitrogen and oxygen atoms in total. The molecule has 0 atom stereocenters. The lowest BCUT2D eigenvalue weighted by Crippen LogP contribution is -2.50. The fourth-order valence-electron chi connectivity index (χ4n) is 4.60.